The van der Waals surface area contributed by atoms with Crippen LogP contribution in [0.2, 0.25) is 0 Å². The second kappa shape index (κ2) is 8.04. The number of hydrogen-bond donors (Lipinski definition) is 1. The summed E-state index contributed by atoms with van der Waals surface area (Å²) in [7, 11) is -2.40. The molecule has 1 unspecified atom stereocenters. The van der Waals surface area contributed by atoms with Gasteiger partial charge in [-0.25, -0.2) is 8.42 Å². The number of benzene rings is 2. The van der Waals surface area contributed by atoms with Crippen LogP contribution in [0.3, 0.4) is 0 Å². The van der Waals surface area contributed by atoms with Gasteiger partial charge in [0, 0.05) is 12.1 Å². The van der Waals surface area contributed by atoms with Crippen molar-refractivity contribution >= 4 is 33.0 Å². The number of nitro benzene ring substituents is 1. The molecular weight excluding hydrogens is 374 g/mol. The maximum absolute atomic E-state index is 12.7. The van der Waals surface area contributed by atoms with Gasteiger partial charge in [-0.2, -0.15) is 0 Å². The molecule has 1 atom stereocenters. The summed E-state index contributed by atoms with van der Waals surface area (Å²) >= 11 is 0. The number of carbonyl (C=O) groups excluding carboxylic acids is 1. The molecular formula is C17H19N3O6S. The van der Waals surface area contributed by atoms with Crippen molar-refractivity contribution in [3.05, 3.63) is 58.6 Å². The van der Waals surface area contributed by atoms with Crippen LogP contribution in [0, 0.1) is 10.1 Å². The van der Waals surface area contributed by atoms with E-state index in [4.69, 9.17) is 4.74 Å². The normalized spacial score (nSPS) is 12.1. The molecule has 27 heavy (non-hydrogen) atoms. The molecule has 2 rings (SSSR count). The number of nitro groups is 1. The lowest BCUT2D eigenvalue weighted by Gasteiger charge is -2.28. The van der Waals surface area contributed by atoms with Crippen LogP contribution in [0.5, 0.6) is 5.75 Å². The van der Waals surface area contributed by atoms with E-state index in [0.717, 1.165) is 16.6 Å². The Morgan fingerprint density at radius 1 is 1.22 bits per heavy atom. The standard InChI is InChI=1S/C17H19N3O6S/c1-12(19(27(3,24)25)13-7-5-4-6-8-13)17(21)18-15-11-14(20(22)23)9-10-16(15)26-2/h4-12H,1-3H3,(H,18,21). The second-order valence-corrected chi connectivity index (χ2v) is 7.56. The van der Waals surface area contributed by atoms with Crippen molar-refractivity contribution in [3.63, 3.8) is 0 Å². The van der Waals surface area contributed by atoms with E-state index in [1.165, 1.54) is 26.2 Å². The van der Waals surface area contributed by atoms with E-state index in [2.05, 4.69) is 5.32 Å². The summed E-state index contributed by atoms with van der Waals surface area (Å²) in [5.74, 6) is -0.449. The summed E-state index contributed by atoms with van der Waals surface area (Å²) in [6, 6.07) is 10.8. The topological polar surface area (TPSA) is 119 Å². The monoisotopic (exact) mass is 393 g/mol. The first-order valence-electron chi connectivity index (χ1n) is 7.83. The van der Waals surface area contributed by atoms with Gasteiger partial charge in [0.15, 0.2) is 0 Å². The fourth-order valence-corrected chi connectivity index (χ4v) is 3.70. The largest absolute Gasteiger partial charge is 0.495 e. The summed E-state index contributed by atoms with van der Waals surface area (Å²) in [5.41, 5.74) is 0.167. The molecule has 2 aromatic rings. The predicted octanol–water partition coefficient (Wildman–Crippen LogP) is 2.40. The number of rotatable bonds is 7. The zero-order chi connectivity index (χ0) is 20.2. The number of methoxy groups -OCH3 is 1. The molecule has 0 aromatic heterocycles. The molecule has 1 N–H and O–H groups in total. The van der Waals surface area contributed by atoms with E-state index in [1.807, 2.05) is 0 Å². The molecule has 1 amide bonds. The minimum atomic E-state index is -3.76. The molecule has 10 heteroatoms. The van der Waals surface area contributed by atoms with E-state index in [-0.39, 0.29) is 17.1 Å². The van der Waals surface area contributed by atoms with Gasteiger partial charge in [0.2, 0.25) is 15.9 Å². The highest BCUT2D eigenvalue weighted by Crippen LogP contribution is 2.29. The van der Waals surface area contributed by atoms with Crippen LogP contribution in [0.25, 0.3) is 0 Å². The number of carbonyl (C=O) groups is 1. The first-order chi connectivity index (χ1) is 12.6. The van der Waals surface area contributed by atoms with Crippen LogP contribution >= 0.6 is 0 Å². The van der Waals surface area contributed by atoms with Crippen molar-refractivity contribution in [2.24, 2.45) is 0 Å². The van der Waals surface area contributed by atoms with E-state index in [9.17, 15) is 23.3 Å². The molecule has 0 aliphatic carbocycles. The Bertz CT molecular complexity index is 946. The zero-order valence-corrected chi connectivity index (χ0v) is 15.8. The summed E-state index contributed by atoms with van der Waals surface area (Å²) in [6.45, 7) is 1.42. The molecule has 0 bridgehead atoms. The zero-order valence-electron chi connectivity index (χ0n) is 14.9. The van der Waals surface area contributed by atoms with Gasteiger partial charge in [0.1, 0.15) is 11.8 Å². The van der Waals surface area contributed by atoms with Crippen LogP contribution < -0.4 is 14.4 Å². The number of hydrogen-bond acceptors (Lipinski definition) is 6. The number of nitrogens with one attached hydrogen (secondary N) is 1. The molecule has 0 fully saturated rings. The fraction of sp³-hybridized carbons (Fsp3) is 0.235. The van der Waals surface area contributed by atoms with Crippen molar-refractivity contribution in [1.82, 2.24) is 0 Å². The molecule has 0 radical (unpaired) electrons. The third-order valence-electron chi connectivity index (χ3n) is 3.75. The Morgan fingerprint density at radius 3 is 2.37 bits per heavy atom. The van der Waals surface area contributed by atoms with Crippen molar-refractivity contribution in [2.45, 2.75) is 13.0 Å². The van der Waals surface area contributed by atoms with Gasteiger partial charge in [0.25, 0.3) is 5.69 Å². The average molecular weight is 393 g/mol. The number of amides is 1. The van der Waals surface area contributed by atoms with E-state index in [0.29, 0.717) is 5.69 Å². The maximum atomic E-state index is 12.7. The number of para-hydroxylation sites is 1. The highest BCUT2D eigenvalue weighted by Gasteiger charge is 2.29. The average Bonchev–Trinajstić information content (AvgIpc) is 2.61. The first-order valence-corrected chi connectivity index (χ1v) is 9.67. The molecule has 0 heterocycles. The molecule has 2 aromatic carbocycles. The Labute approximate surface area is 156 Å². The third-order valence-corrected chi connectivity index (χ3v) is 4.99. The molecule has 0 saturated heterocycles. The van der Waals surface area contributed by atoms with Crippen LogP contribution in [0.4, 0.5) is 17.1 Å². The highest BCUT2D eigenvalue weighted by molar-refractivity contribution is 7.92. The summed E-state index contributed by atoms with van der Waals surface area (Å²) in [5, 5.41) is 13.5. The van der Waals surface area contributed by atoms with Crippen molar-refractivity contribution < 1.29 is 22.9 Å². The molecule has 9 nitrogen and oxygen atoms in total. The quantitative estimate of drug-likeness (QED) is 0.570. The van der Waals surface area contributed by atoms with Gasteiger partial charge in [-0.15, -0.1) is 0 Å². The molecule has 0 spiro atoms. The van der Waals surface area contributed by atoms with Crippen molar-refractivity contribution in [2.75, 3.05) is 23.0 Å². The Balaban J connectivity index is 2.36. The lowest BCUT2D eigenvalue weighted by molar-refractivity contribution is -0.384. The SMILES string of the molecule is COc1ccc([N+](=O)[O-])cc1NC(=O)C(C)N(c1ccccc1)S(C)(=O)=O. The number of nitrogens with zero attached hydrogens (tertiary/aromatic N) is 2. The summed E-state index contributed by atoms with van der Waals surface area (Å²) in [4.78, 5) is 23.0. The predicted molar refractivity (Wildman–Crippen MR) is 102 cm³/mol. The minimum absolute atomic E-state index is 0.0741. The fourth-order valence-electron chi connectivity index (χ4n) is 2.53. The van der Waals surface area contributed by atoms with E-state index >= 15 is 0 Å². The van der Waals surface area contributed by atoms with Crippen LogP contribution in [-0.4, -0.2) is 38.7 Å². The number of anilines is 2. The summed E-state index contributed by atoms with van der Waals surface area (Å²) in [6.07, 6.45) is 0.998. The highest BCUT2D eigenvalue weighted by atomic mass is 32.2. The summed E-state index contributed by atoms with van der Waals surface area (Å²) < 4.78 is 30.5. The minimum Gasteiger partial charge on any atom is -0.495 e. The first kappa shape index (κ1) is 20.2. The van der Waals surface area contributed by atoms with E-state index in [1.54, 1.807) is 30.3 Å². The molecule has 0 aliphatic heterocycles. The maximum Gasteiger partial charge on any atom is 0.271 e. The Morgan fingerprint density at radius 2 is 1.85 bits per heavy atom. The Kier molecular flexibility index (Phi) is 6.01. The van der Waals surface area contributed by atoms with Gasteiger partial charge in [-0.05, 0) is 25.1 Å². The third kappa shape index (κ3) is 4.73. The lowest BCUT2D eigenvalue weighted by Crippen LogP contribution is -2.45. The molecule has 144 valence electrons. The Hall–Kier alpha value is -3.14. The number of non-ortho nitro benzene ring substituents is 1. The van der Waals surface area contributed by atoms with Gasteiger partial charge in [-0.3, -0.25) is 19.2 Å². The molecule has 0 saturated carbocycles. The lowest BCUT2D eigenvalue weighted by atomic mass is 10.2. The van der Waals surface area contributed by atoms with Gasteiger partial charge in [-0.1, -0.05) is 18.2 Å². The van der Waals surface area contributed by atoms with Gasteiger partial charge < -0.3 is 10.1 Å². The number of ether oxygens (including phenoxy) is 1. The molecule has 0 aliphatic rings. The van der Waals surface area contributed by atoms with Gasteiger partial charge in [0.05, 0.1) is 29.7 Å². The van der Waals surface area contributed by atoms with Crippen molar-refractivity contribution in [3.8, 4) is 5.75 Å². The van der Waals surface area contributed by atoms with Gasteiger partial charge >= 0.3 is 0 Å². The van der Waals surface area contributed by atoms with E-state index < -0.39 is 26.9 Å². The van der Waals surface area contributed by atoms with Crippen LogP contribution in [-0.2, 0) is 14.8 Å². The van der Waals surface area contributed by atoms with Crippen LogP contribution in [0.15, 0.2) is 48.5 Å². The van der Waals surface area contributed by atoms with Crippen LogP contribution in [0.1, 0.15) is 6.92 Å². The number of sulfonamides is 1. The smallest absolute Gasteiger partial charge is 0.271 e. The second-order valence-electron chi connectivity index (χ2n) is 5.70. The van der Waals surface area contributed by atoms with Crippen molar-refractivity contribution in [1.29, 1.82) is 0 Å².